The van der Waals surface area contributed by atoms with Crippen molar-refractivity contribution >= 4 is 33.6 Å². The maximum atomic E-state index is 13.1. The van der Waals surface area contributed by atoms with Gasteiger partial charge in [0, 0.05) is 11.8 Å². The molecular weight excluding hydrogens is 313 g/mol. The van der Waals surface area contributed by atoms with Gasteiger partial charge in [0.1, 0.15) is 11.6 Å². The van der Waals surface area contributed by atoms with E-state index in [1.54, 1.807) is 25.1 Å². The first-order valence-electron chi connectivity index (χ1n) is 5.55. The lowest BCUT2D eigenvalue weighted by Crippen LogP contribution is -2.09. The highest BCUT2D eigenvalue weighted by molar-refractivity contribution is 9.10. The highest BCUT2D eigenvalue weighted by Crippen LogP contribution is 2.17. The summed E-state index contributed by atoms with van der Waals surface area (Å²) in [5, 5.41) is 2.61. The summed E-state index contributed by atoms with van der Waals surface area (Å²) in [6.07, 6.45) is 2.87. The van der Waals surface area contributed by atoms with E-state index in [1.807, 2.05) is 0 Å². The molecule has 1 amide bonds. The van der Waals surface area contributed by atoms with Crippen molar-refractivity contribution in [2.75, 3.05) is 5.32 Å². The van der Waals surface area contributed by atoms with Crippen LogP contribution in [0.4, 0.5) is 10.1 Å². The predicted molar refractivity (Wildman–Crippen MR) is 75.2 cm³/mol. The molecule has 0 bridgehead atoms. The van der Waals surface area contributed by atoms with E-state index >= 15 is 0 Å². The summed E-state index contributed by atoms with van der Waals surface area (Å²) in [6, 6.07) is 7.69. The minimum Gasteiger partial charge on any atom is -0.450 e. The number of hydrogen-bond acceptors (Lipinski definition) is 2. The van der Waals surface area contributed by atoms with E-state index < -0.39 is 0 Å². The quantitative estimate of drug-likeness (QED) is 0.862. The van der Waals surface area contributed by atoms with E-state index in [2.05, 4.69) is 21.2 Å². The molecule has 0 fully saturated rings. The summed E-state index contributed by atoms with van der Waals surface area (Å²) < 4.78 is 18.9. The van der Waals surface area contributed by atoms with Gasteiger partial charge in [-0.3, -0.25) is 4.79 Å². The second-order valence-electron chi connectivity index (χ2n) is 3.92. The second kappa shape index (κ2) is 5.84. The number of furan rings is 1. The van der Waals surface area contributed by atoms with Gasteiger partial charge in [0.25, 0.3) is 0 Å². The molecule has 0 aliphatic heterocycles. The van der Waals surface area contributed by atoms with Crippen molar-refractivity contribution in [3.63, 3.8) is 0 Å². The maximum Gasteiger partial charge on any atom is 0.248 e. The van der Waals surface area contributed by atoms with Crippen molar-refractivity contribution in [3.8, 4) is 0 Å². The Balaban J connectivity index is 2.05. The molecule has 1 N–H and O–H groups in total. The normalized spacial score (nSPS) is 10.9. The number of rotatable bonds is 3. The molecule has 1 aromatic heterocycles. The Labute approximate surface area is 118 Å². The molecule has 3 nitrogen and oxygen atoms in total. The molecule has 0 aliphatic rings. The summed E-state index contributed by atoms with van der Waals surface area (Å²) in [4.78, 5) is 11.7. The molecule has 19 heavy (non-hydrogen) atoms. The van der Waals surface area contributed by atoms with Crippen molar-refractivity contribution in [2.24, 2.45) is 0 Å². The average Bonchev–Trinajstić information content (AvgIpc) is 2.77. The Morgan fingerprint density at radius 1 is 1.37 bits per heavy atom. The molecule has 2 rings (SSSR count). The molecule has 1 heterocycles. The third-order valence-corrected chi connectivity index (χ3v) is 2.88. The molecule has 0 spiro atoms. The third kappa shape index (κ3) is 3.79. The second-order valence-corrected chi connectivity index (χ2v) is 4.71. The molecule has 5 heteroatoms. The smallest absolute Gasteiger partial charge is 0.248 e. The van der Waals surface area contributed by atoms with Gasteiger partial charge in [0.05, 0.1) is 0 Å². The Morgan fingerprint density at radius 2 is 2.16 bits per heavy atom. The Hall–Kier alpha value is -1.88. The van der Waals surface area contributed by atoms with E-state index in [0.717, 1.165) is 5.56 Å². The highest BCUT2D eigenvalue weighted by atomic mass is 79.9. The van der Waals surface area contributed by atoms with Gasteiger partial charge in [-0.25, -0.2) is 4.39 Å². The fraction of sp³-hybridized carbons (Fsp3) is 0.0714. The van der Waals surface area contributed by atoms with E-state index in [0.29, 0.717) is 16.1 Å². The first kappa shape index (κ1) is 13.5. The van der Waals surface area contributed by atoms with Gasteiger partial charge in [-0.1, -0.05) is 6.07 Å². The minimum absolute atomic E-state index is 0.346. The van der Waals surface area contributed by atoms with Crippen molar-refractivity contribution in [3.05, 3.63) is 58.2 Å². The summed E-state index contributed by atoms with van der Waals surface area (Å²) in [7, 11) is 0. The molecule has 0 unspecified atom stereocenters. The van der Waals surface area contributed by atoms with E-state index in [1.165, 1.54) is 24.3 Å². The Kier molecular flexibility index (Phi) is 4.16. The van der Waals surface area contributed by atoms with Gasteiger partial charge in [-0.2, -0.15) is 0 Å². The van der Waals surface area contributed by atoms with Crippen LogP contribution in [0.2, 0.25) is 0 Å². The Bertz CT molecular complexity index is 634. The van der Waals surface area contributed by atoms with Gasteiger partial charge in [-0.05, 0) is 58.8 Å². The van der Waals surface area contributed by atoms with E-state index in [9.17, 15) is 9.18 Å². The van der Waals surface area contributed by atoms with Crippen molar-refractivity contribution in [2.45, 2.75) is 6.92 Å². The summed E-state index contributed by atoms with van der Waals surface area (Å²) in [6.45, 7) is 1.79. The van der Waals surface area contributed by atoms with Crippen LogP contribution in [0.1, 0.15) is 11.3 Å². The number of carbonyl (C=O) groups is 1. The number of aryl methyl sites for hydroxylation is 1. The van der Waals surface area contributed by atoms with Crippen LogP contribution in [0.3, 0.4) is 0 Å². The van der Waals surface area contributed by atoms with Crippen LogP contribution in [0.15, 0.2) is 45.5 Å². The van der Waals surface area contributed by atoms with Crippen molar-refractivity contribution in [1.82, 2.24) is 0 Å². The molecule has 0 radical (unpaired) electrons. The number of nitrogens with one attached hydrogen (secondary N) is 1. The predicted octanol–water partition coefficient (Wildman–Crippen LogP) is 4.14. The number of carbonyl (C=O) groups excluding carboxylic acids is 1. The number of hydrogen-bond donors (Lipinski definition) is 1. The monoisotopic (exact) mass is 323 g/mol. The Morgan fingerprint density at radius 3 is 2.84 bits per heavy atom. The van der Waals surface area contributed by atoms with Gasteiger partial charge in [0.15, 0.2) is 4.67 Å². The fourth-order valence-corrected chi connectivity index (χ4v) is 1.80. The van der Waals surface area contributed by atoms with Crippen LogP contribution in [-0.4, -0.2) is 5.91 Å². The summed E-state index contributed by atoms with van der Waals surface area (Å²) >= 11 is 3.17. The lowest BCUT2D eigenvalue weighted by molar-refractivity contribution is -0.111. The molecule has 0 saturated heterocycles. The van der Waals surface area contributed by atoms with Crippen molar-refractivity contribution in [1.29, 1.82) is 0 Å². The minimum atomic E-state index is -0.389. The third-order valence-electron chi connectivity index (χ3n) is 2.45. The van der Waals surface area contributed by atoms with Crippen LogP contribution in [0.25, 0.3) is 6.08 Å². The first-order chi connectivity index (χ1) is 9.04. The standard InChI is InChI=1S/C14H11BrFNO2/c1-9-2-3-10(16)8-12(9)17-14(18)7-5-11-4-6-13(15)19-11/h2-8H,1H3,(H,17,18). The molecular formula is C14H11BrFNO2. The van der Waals surface area contributed by atoms with Crippen LogP contribution in [-0.2, 0) is 4.79 Å². The lowest BCUT2D eigenvalue weighted by atomic mass is 10.2. The zero-order chi connectivity index (χ0) is 13.8. The molecule has 98 valence electrons. The van der Waals surface area contributed by atoms with Gasteiger partial charge < -0.3 is 9.73 Å². The van der Waals surface area contributed by atoms with Crippen LogP contribution in [0, 0.1) is 12.7 Å². The largest absolute Gasteiger partial charge is 0.450 e. The molecule has 0 atom stereocenters. The topological polar surface area (TPSA) is 42.2 Å². The number of benzene rings is 1. The number of halogens is 2. The summed E-state index contributed by atoms with van der Waals surface area (Å²) in [5.41, 5.74) is 1.25. The summed E-state index contributed by atoms with van der Waals surface area (Å²) in [5.74, 6) is -0.181. The zero-order valence-corrected chi connectivity index (χ0v) is 11.7. The number of anilines is 1. The maximum absolute atomic E-state index is 13.1. The van der Waals surface area contributed by atoms with Gasteiger partial charge >= 0.3 is 0 Å². The lowest BCUT2D eigenvalue weighted by Gasteiger charge is -2.05. The van der Waals surface area contributed by atoms with Crippen LogP contribution in [0.5, 0.6) is 0 Å². The average molecular weight is 324 g/mol. The molecule has 2 aromatic rings. The van der Waals surface area contributed by atoms with Crippen LogP contribution < -0.4 is 5.32 Å². The zero-order valence-electron chi connectivity index (χ0n) is 10.1. The van der Waals surface area contributed by atoms with Gasteiger partial charge in [0.2, 0.25) is 5.91 Å². The van der Waals surface area contributed by atoms with E-state index in [-0.39, 0.29) is 11.7 Å². The molecule has 0 aliphatic carbocycles. The molecule has 0 saturated carbocycles. The van der Waals surface area contributed by atoms with Gasteiger partial charge in [-0.15, -0.1) is 0 Å². The van der Waals surface area contributed by atoms with Crippen LogP contribution >= 0.6 is 15.9 Å². The molecule has 1 aromatic carbocycles. The fourth-order valence-electron chi connectivity index (χ4n) is 1.48. The first-order valence-corrected chi connectivity index (χ1v) is 6.34. The number of amides is 1. The van der Waals surface area contributed by atoms with Crippen molar-refractivity contribution < 1.29 is 13.6 Å². The SMILES string of the molecule is Cc1ccc(F)cc1NC(=O)C=Cc1ccc(Br)o1. The van der Waals surface area contributed by atoms with E-state index in [4.69, 9.17) is 4.42 Å². The highest BCUT2D eigenvalue weighted by Gasteiger charge is 2.03.